The monoisotopic (exact) mass is 286 g/mol. The third kappa shape index (κ3) is 5.80. The van der Waals surface area contributed by atoms with Crippen LogP contribution >= 0.6 is 0 Å². The molecule has 0 heterocycles. The van der Waals surface area contributed by atoms with Crippen LogP contribution in [0.4, 0.5) is 4.79 Å². The number of rotatable bonds is 8. The fraction of sp³-hybridized carbons (Fsp3) is 0.867. The molecule has 0 aliphatic rings. The SMILES string of the molecule is CCC(CC)N(CC(C)C)C(=O)N[C@@H](C(=O)O)C(C)C. The summed E-state index contributed by atoms with van der Waals surface area (Å²) in [5, 5.41) is 11.8. The Morgan fingerprint density at radius 2 is 1.60 bits per heavy atom. The summed E-state index contributed by atoms with van der Waals surface area (Å²) in [5.74, 6) is -0.773. The first-order valence-corrected chi connectivity index (χ1v) is 7.54. The number of carbonyl (C=O) groups is 2. The number of carbonyl (C=O) groups excluding carboxylic acids is 1. The van der Waals surface area contributed by atoms with Gasteiger partial charge in [-0.15, -0.1) is 0 Å². The molecule has 2 amide bonds. The highest BCUT2D eigenvalue weighted by molar-refractivity contribution is 5.82. The van der Waals surface area contributed by atoms with Gasteiger partial charge < -0.3 is 15.3 Å². The van der Waals surface area contributed by atoms with E-state index in [1.165, 1.54) is 0 Å². The summed E-state index contributed by atoms with van der Waals surface area (Å²) in [6, 6.07) is -0.959. The Hall–Kier alpha value is -1.26. The Labute approximate surface area is 122 Å². The zero-order valence-electron chi connectivity index (χ0n) is 13.6. The second kappa shape index (κ2) is 8.82. The van der Waals surface area contributed by atoms with Crippen molar-refractivity contribution in [2.45, 2.75) is 66.5 Å². The van der Waals surface area contributed by atoms with Gasteiger partial charge in [-0.25, -0.2) is 9.59 Å². The molecule has 0 unspecified atom stereocenters. The number of carboxylic acids is 1. The zero-order valence-corrected chi connectivity index (χ0v) is 13.6. The molecule has 2 N–H and O–H groups in total. The van der Waals surface area contributed by atoms with Crippen molar-refractivity contribution in [3.05, 3.63) is 0 Å². The molecule has 0 aromatic rings. The Bertz CT molecular complexity index is 312. The average molecular weight is 286 g/mol. The van der Waals surface area contributed by atoms with Crippen molar-refractivity contribution in [2.75, 3.05) is 6.54 Å². The molecule has 0 aromatic carbocycles. The van der Waals surface area contributed by atoms with Crippen molar-refractivity contribution < 1.29 is 14.7 Å². The van der Waals surface area contributed by atoms with Gasteiger partial charge in [-0.3, -0.25) is 0 Å². The molecule has 5 nitrogen and oxygen atoms in total. The van der Waals surface area contributed by atoms with E-state index >= 15 is 0 Å². The van der Waals surface area contributed by atoms with Crippen LogP contribution in [0.15, 0.2) is 0 Å². The summed E-state index contributed by atoms with van der Waals surface area (Å²) < 4.78 is 0. The lowest BCUT2D eigenvalue weighted by atomic mass is 10.0. The number of aliphatic carboxylic acids is 1. The largest absolute Gasteiger partial charge is 0.480 e. The predicted octanol–water partition coefficient (Wildman–Crippen LogP) is 2.95. The first-order chi connectivity index (χ1) is 9.24. The van der Waals surface area contributed by atoms with Crippen molar-refractivity contribution in [3.8, 4) is 0 Å². The lowest BCUT2D eigenvalue weighted by Gasteiger charge is -2.33. The predicted molar refractivity (Wildman–Crippen MR) is 80.7 cm³/mol. The fourth-order valence-electron chi connectivity index (χ4n) is 2.25. The van der Waals surface area contributed by atoms with E-state index in [-0.39, 0.29) is 18.0 Å². The zero-order chi connectivity index (χ0) is 15.9. The van der Waals surface area contributed by atoms with Gasteiger partial charge in [0.1, 0.15) is 6.04 Å². The van der Waals surface area contributed by atoms with E-state index in [2.05, 4.69) is 19.2 Å². The smallest absolute Gasteiger partial charge is 0.326 e. The van der Waals surface area contributed by atoms with Crippen molar-refractivity contribution in [1.29, 1.82) is 0 Å². The third-order valence-electron chi connectivity index (χ3n) is 3.42. The van der Waals surface area contributed by atoms with Gasteiger partial charge in [0.05, 0.1) is 0 Å². The van der Waals surface area contributed by atoms with Crippen LogP contribution in [0.3, 0.4) is 0 Å². The molecule has 0 aromatic heterocycles. The summed E-state index contributed by atoms with van der Waals surface area (Å²) in [7, 11) is 0. The van der Waals surface area contributed by atoms with Crippen LogP contribution in [0.1, 0.15) is 54.4 Å². The molecule has 0 aliphatic carbocycles. The van der Waals surface area contributed by atoms with Crippen LogP contribution in [-0.2, 0) is 4.79 Å². The van der Waals surface area contributed by atoms with Gasteiger partial charge in [0.2, 0.25) is 0 Å². The molecule has 0 aliphatic heterocycles. The molecule has 0 saturated heterocycles. The molecule has 118 valence electrons. The highest BCUT2D eigenvalue weighted by atomic mass is 16.4. The highest BCUT2D eigenvalue weighted by Crippen LogP contribution is 2.13. The number of hydrogen-bond donors (Lipinski definition) is 2. The highest BCUT2D eigenvalue weighted by Gasteiger charge is 2.28. The topological polar surface area (TPSA) is 69.6 Å². The summed E-state index contributed by atoms with van der Waals surface area (Å²) in [5.41, 5.74) is 0. The van der Waals surface area contributed by atoms with E-state index in [1.807, 2.05) is 13.8 Å². The van der Waals surface area contributed by atoms with Crippen LogP contribution in [0.25, 0.3) is 0 Å². The van der Waals surface area contributed by atoms with Crippen LogP contribution in [-0.4, -0.2) is 40.6 Å². The van der Waals surface area contributed by atoms with Gasteiger partial charge in [-0.2, -0.15) is 0 Å². The summed E-state index contributed by atoms with van der Waals surface area (Å²) in [4.78, 5) is 25.4. The van der Waals surface area contributed by atoms with E-state index in [1.54, 1.807) is 18.7 Å². The van der Waals surface area contributed by atoms with Gasteiger partial charge in [-0.05, 0) is 24.7 Å². The van der Waals surface area contributed by atoms with Gasteiger partial charge in [-0.1, -0.05) is 41.5 Å². The fourth-order valence-corrected chi connectivity index (χ4v) is 2.25. The molecule has 0 saturated carbocycles. The van der Waals surface area contributed by atoms with E-state index in [9.17, 15) is 14.7 Å². The first kappa shape index (κ1) is 18.7. The van der Waals surface area contributed by atoms with E-state index in [0.29, 0.717) is 12.5 Å². The summed E-state index contributed by atoms with van der Waals surface area (Å²) in [6.45, 7) is 12.4. The summed E-state index contributed by atoms with van der Waals surface area (Å²) in [6.07, 6.45) is 1.74. The van der Waals surface area contributed by atoms with Crippen LogP contribution < -0.4 is 5.32 Å². The second-order valence-electron chi connectivity index (χ2n) is 6.03. The lowest BCUT2D eigenvalue weighted by Crippen LogP contribution is -2.53. The number of amides is 2. The van der Waals surface area contributed by atoms with Crippen molar-refractivity contribution >= 4 is 12.0 Å². The van der Waals surface area contributed by atoms with Crippen LogP contribution in [0.2, 0.25) is 0 Å². The molecule has 1 atom stereocenters. The van der Waals surface area contributed by atoms with Gasteiger partial charge in [0, 0.05) is 12.6 Å². The number of urea groups is 1. The molecule has 0 bridgehead atoms. The number of nitrogens with one attached hydrogen (secondary N) is 1. The average Bonchev–Trinajstić information content (AvgIpc) is 2.34. The number of nitrogens with zero attached hydrogens (tertiary/aromatic N) is 1. The summed E-state index contributed by atoms with van der Waals surface area (Å²) >= 11 is 0. The van der Waals surface area contributed by atoms with Crippen molar-refractivity contribution in [2.24, 2.45) is 11.8 Å². The number of hydrogen-bond acceptors (Lipinski definition) is 2. The van der Waals surface area contributed by atoms with E-state index in [0.717, 1.165) is 12.8 Å². The van der Waals surface area contributed by atoms with Crippen LogP contribution in [0.5, 0.6) is 0 Å². The molecule has 5 heteroatoms. The quantitative estimate of drug-likeness (QED) is 0.720. The van der Waals surface area contributed by atoms with Crippen molar-refractivity contribution in [1.82, 2.24) is 10.2 Å². The molecule has 20 heavy (non-hydrogen) atoms. The minimum absolute atomic E-state index is 0.140. The molecule has 0 radical (unpaired) electrons. The standard InChI is InChI=1S/C15H30N2O3/c1-7-12(8-2)17(9-10(3)4)15(20)16-13(11(5)6)14(18)19/h10-13H,7-9H2,1-6H3,(H,16,20)(H,18,19)/t13-/m1/s1. The Morgan fingerprint density at radius 1 is 1.10 bits per heavy atom. The molecule has 0 spiro atoms. The second-order valence-corrected chi connectivity index (χ2v) is 6.03. The maximum atomic E-state index is 12.4. The Morgan fingerprint density at radius 3 is 1.90 bits per heavy atom. The minimum atomic E-state index is -0.984. The Kier molecular flexibility index (Phi) is 8.26. The molecular weight excluding hydrogens is 256 g/mol. The van der Waals surface area contributed by atoms with Gasteiger partial charge >= 0.3 is 12.0 Å². The lowest BCUT2D eigenvalue weighted by molar-refractivity contribution is -0.140. The number of carboxylic acid groups (broad SMARTS) is 1. The molecular formula is C15H30N2O3. The van der Waals surface area contributed by atoms with Gasteiger partial charge in [0.15, 0.2) is 0 Å². The Balaban J connectivity index is 4.98. The maximum absolute atomic E-state index is 12.4. The van der Waals surface area contributed by atoms with Crippen molar-refractivity contribution in [3.63, 3.8) is 0 Å². The van der Waals surface area contributed by atoms with Crippen LogP contribution in [0, 0.1) is 11.8 Å². The molecule has 0 fully saturated rings. The van der Waals surface area contributed by atoms with E-state index in [4.69, 9.17) is 0 Å². The van der Waals surface area contributed by atoms with E-state index < -0.39 is 12.0 Å². The minimum Gasteiger partial charge on any atom is -0.480 e. The van der Waals surface area contributed by atoms with Gasteiger partial charge in [0.25, 0.3) is 0 Å². The normalized spacial score (nSPS) is 12.8. The third-order valence-corrected chi connectivity index (χ3v) is 3.42. The molecule has 0 rings (SSSR count). The first-order valence-electron chi connectivity index (χ1n) is 7.54. The maximum Gasteiger partial charge on any atom is 0.326 e.